The van der Waals surface area contributed by atoms with E-state index in [-0.39, 0.29) is 17.4 Å². The molecule has 12 heteroatoms. The number of nitrogens with zero attached hydrogens (tertiary/aromatic N) is 1. The number of ketones is 1. The molecule has 2 saturated heterocycles. The van der Waals surface area contributed by atoms with Crippen molar-refractivity contribution in [3.05, 3.63) is 120 Å². The molecular formula is C52H62N2O10. The summed E-state index contributed by atoms with van der Waals surface area (Å²) in [6.07, 6.45) is -0.386. The minimum atomic E-state index is -1.83. The van der Waals surface area contributed by atoms with Crippen LogP contribution in [0.25, 0.3) is 22.3 Å². The molecule has 64 heavy (non-hydrogen) atoms. The van der Waals surface area contributed by atoms with Crippen LogP contribution in [0.5, 0.6) is 0 Å². The van der Waals surface area contributed by atoms with Crippen LogP contribution in [0.2, 0.25) is 0 Å². The van der Waals surface area contributed by atoms with Gasteiger partial charge in [0, 0.05) is 31.1 Å². The second-order valence-electron chi connectivity index (χ2n) is 19.8. The van der Waals surface area contributed by atoms with E-state index in [4.69, 9.17) is 18.9 Å². The fraction of sp³-hybridized carbons (Fsp3) is 0.423. The first-order chi connectivity index (χ1) is 29.7. The number of carbonyl (C=O) groups is 6. The molecule has 2 aliphatic rings. The van der Waals surface area contributed by atoms with Gasteiger partial charge in [0.05, 0.1) is 6.04 Å². The fourth-order valence-corrected chi connectivity index (χ4v) is 7.86. The Morgan fingerprint density at radius 3 is 1.48 bits per heavy atom. The first-order valence-corrected chi connectivity index (χ1v) is 21.6. The Balaban J connectivity index is 0.000000248. The summed E-state index contributed by atoms with van der Waals surface area (Å²) in [5.74, 6) is -6.36. The highest BCUT2D eigenvalue weighted by molar-refractivity contribution is 6.18. The molecule has 0 spiro atoms. The summed E-state index contributed by atoms with van der Waals surface area (Å²) in [6, 6.07) is 34.4. The third-order valence-corrected chi connectivity index (χ3v) is 11.2. The van der Waals surface area contributed by atoms with Crippen LogP contribution in [-0.2, 0) is 49.0 Å². The van der Waals surface area contributed by atoms with E-state index in [2.05, 4.69) is 55.6 Å². The third-order valence-electron chi connectivity index (χ3n) is 11.2. The molecule has 0 aliphatic carbocycles. The quantitative estimate of drug-likeness (QED) is 0.0976. The summed E-state index contributed by atoms with van der Waals surface area (Å²) in [7, 11) is 0. The molecule has 6 rings (SSSR count). The predicted molar refractivity (Wildman–Crippen MR) is 244 cm³/mol. The SMILES string of the molecule is CC(C)(C)OC(=O)N1C(=O)CC[C@H]1C(C)(C)c1ccc(-c2ccccc2)cc1.CC(C)(C)OC(=O)N[C@@H](C(=O)C1C(=O)OC(C)(C)OC1=O)C(C)(C)c1ccc(-c2ccccc2)cc1. The maximum Gasteiger partial charge on any atom is 0.417 e. The number of hydrogen-bond donors (Lipinski definition) is 1. The zero-order valence-electron chi connectivity index (χ0n) is 39.1. The van der Waals surface area contributed by atoms with E-state index in [1.54, 1.807) is 34.6 Å². The van der Waals surface area contributed by atoms with Crippen LogP contribution >= 0.6 is 0 Å². The number of likely N-dealkylation sites (tertiary alicyclic amines) is 1. The number of carbonyl (C=O) groups excluding carboxylic acids is 6. The number of Topliss-reactive ketones (excluding diaryl/α,β-unsaturated/α-hetero) is 1. The van der Waals surface area contributed by atoms with Gasteiger partial charge in [0.2, 0.25) is 11.8 Å². The topological polar surface area (TPSA) is 155 Å². The number of rotatable bonds is 9. The summed E-state index contributed by atoms with van der Waals surface area (Å²) >= 11 is 0. The lowest BCUT2D eigenvalue weighted by atomic mass is 9.73. The Bertz CT molecular complexity index is 2300. The first-order valence-electron chi connectivity index (χ1n) is 21.6. The van der Waals surface area contributed by atoms with Gasteiger partial charge >= 0.3 is 24.1 Å². The second kappa shape index (κ2) is 18.8. The standard InChI is InChI=1S/C28H33NO7.C24H29NO3/c1-26(2,3)36-25(33)29-22(21(30)20-23(31)34-28(6,7)35-24(20)32)27(4,5)19-15-13-18(14-16-19)17-11-9-8-10-12-17;1-23(2,3)28-22(27)25-20(15-16-21(25)26)24(4,5)19-13-11-18(12-14-19)17-9-7-6-8-10-17/h8-16,20,22H,1-7H3,(H,29,33);6-14,20H,15-16H2,1-5H3/t22-;20-/m00/s1. The van der Waals surface area contributed by atoms with Gasteiger partial charge in [0.15, 0.2) is 5.78 Å². The molecule has 2 aliphatic heterocycles. The largest absolute Gasteiger partial charge is 0.444 e. The molecular weight excluding hydrogens is 813 g/mol. The summed E-state index contributed by atoms with van der Waals surface area (Å²) in [4.78, 5) is 78.2. The Hall–Kier alpha value is -6.30. The van der Waals surface area contributed by atoms with Crippen molar-refractivity contribution in [2.24, 2.45) is 5.92 Å². The summed E-state index contributed by atoms with van der Waals surface area (Å²) in [6.45, 7) is 21.0. The van der Waals surface area contributed by atoms with Gasteiger partial charge in [-0.05, 0) is 81.3 Å². The van der Waals surface area contributed by atoms with Crippen LogP contribution in [0.1, 0.15) is 107 Å². The van der Waals surface area contributed by atoms with Gasteiger partial charge in [-0.1, -0.05) is 137 Å². The van der Waals surface area contributed by atoms with Crippen LogP contribution in [0.4, 0.5) is 9.59 Å². The van der Waals surface area contributed by atoms with E-state index in [0.29, 0.717) is 18.4 Å². The number of esters is 2. The van der Waals surface area contributed by atoms with E-state index in [9.17, 15) is 28.8 Å². The molecule has 3 amide bonds. The number of hydrogen-bond acceptors (Lipinski definition) is 10. The molecule has 340 valence electrons. The molecule has 4 aromatic rings. The predicted octanol–water partition coefficient (Wildman–Crippen LogP) is 10.1. The number of cyclic esters (lactones) is 2. The number of nitrogens with one attached hydrogen (secondary N) is 1. The molecule has 12 nitrogen and oxygen atoms in total. The molecule has 2 heterocycles. The van der Waals surface area contributed by atoms with Gasteiger partial charge < -0.3 is 24.3 Å². The molecule has 2 fully saturated rings. The normalized spacial score (nSPS) is 17.3. The van der Waals surface area contributed by atoms with E-state index in [0.717, 1.165) is 22.3 Å². The summed E-state index contributed by atoms with van der Waals surface area (Å²) in [5.41, 5.74) is 3.23. The van der Waals surface area contributed by atoms with Crippen molar-refractivity contribution < 1.29 is 47.7 Å². The maximum atomic E-state index is 13.7. The maximum absolute atomic E-state index is 13.7. The lowest BCUT2D eigenvalue weighted by molar-refractivity contribution is -0.238. The lowest BCUT2D eigenvalue weighted by Crippen LogP contribution is -2.59. The minimum Gasteiger partial charge on any atom is -0.444 e. The first kappa shape index (κ1) is 48.7. The highest BCUT2D eigenvalue weighted by Gasteiger charge is 2.53. The van der Waals surface area contributed by atoms with Gasteiger partial charge in [-0.3, -0.25) is 19.2 Å². The Morgan fingerprint density at radius 1 is 0.625 bits per heavy atom. The van der Waals surface area contributed by atoms with Crippen molar-refractivity contribution in [2.45, 2.75) is 136 Å². The minimum absolute atomic E-state index is 0.159. The van der Waals surface area contributed by atoms with Crippen molar-refractivity contribution in [1.82, 2.24) is 10.2 Å². The molecule has 1 N–H and O–H groups in total. The van der Waals surface area contributed by atoms with Crippen molar-refractivity contribution in [3.8, 4) is 22.3 Å². The Morgan fingerprint density at radius 2 is 1.05 bits per heavy atom. The van der Waals surface area contributed by atoms with Crippen LogP contribution < -0.4 is 5.32 Å². The number of imide groups is 1. The number of benzene rings is 4. The van der Waals surface area contributed by atoms with E-state index in [1.165, 1.54) is 24.3 Å². The summed E-state index contributed by atoms with van der Waals surface area (Å²) in [5, 5.41) is 2.59. The van der Waals surface area contributed by atoms with Gasteiger partial charge in [-0.15, -0.1) is 0 Å². The number of amides is 3. The zero-order chi connectivity index (χ0) is 47.4. The average Bonchev–Trinajstić information content (AvgIpc) is 3.61. The highest BCUT2D eigenvalue weighted by atomic mass is 16.7. The smallest absolute Gasteiger partial charge is 0.417 e. The number of ether oxygens (including phenoxy) is 4. The number of alkyl carbamates (subject to hydrolysis) is 1. The molecule has 0 unspecified atom stereocenters. The van der Waals surface area contributed by atoms with Crippen molar-refractivity contribution in [2.75, 3.05) is 0 Å². The lowest BCUT2D eigenvalue weighted by Gasteiger charge is -2.38. The van der Waals surface area contributed by atoms with Gasteiger partial charge in [-0.25, -0.2) is 14.5 Å². The Labute approximate surface area is 377 Å². The van der Waals surface area contributed by atoms with Crippen molar-refractivity contribution in [1.29, 1.82) is 0 Å². The van der Waals surface area contributed by atoms with Crippen molar-refractivity contribution in [3.63, 3.8) is 0 Å². The third kappa shape index (κ3) is 11.8. The fourth-order valence-electron chi connectivity index (χ4n) is 7.86. The summed E-state index contributed by atoms with van der Waals surface area (Å²) < 4.78 is 21.2. The van der Waals surface area contributed by atoms with E-state index in [1.807, 2.05) is 93.6 Å². The van der Waals surface area contributed by atoms with Crippen molar-refractivity contribution >= 4 is 35.8 Å². The second-order valence-corrected chi connectivity index (χ2v) is 19.8. The molecule has 2 atom stereocenters. The van der Waals surface area contributed by atoms with Gasteiger partial charge in [-0.2, -0.15) is 0 Å². The van der Waals surface area contributed by atoms with Crippen LogP contribution in [0, 0.1) is 5.92 Å². The van der Waals surface area contributed by atoms with E-state index < -0.39 is 64.3 Å². The molecule has 0 radical (unpaired) electrons. The molecule has 4 aromatic carbocycles. The highest BCUT2D eigenvalue weighted by Crippen LogP contribution is 2.39. The van der Waals surface area contributed by atoms with E-state index >= 15 is 0 Å². The van der Waals surface area contributed by atoms with Gasteiger partial charge in [0.1, 0.15) is 17.2 Å². The van der Waals surface area contributed by atoms with Gasteiger partial charge in [0.25, 0.3) is 5.79 Å². The molecule has 0 bridgehead atoms. The molecule has 0 saturated carbocycles. The average molecular weight is 875 g/mol. The van der Waals surface area contributed by atoms with Crippen LogP contribution in [0.3, 0.4) is 0 Å². The van der Waals surface area contributed by atoms with Crippen LogP contribution in [-0.4, -0.2) is 69.8 Å². The Kier molecular flexibility index (Phi) is 14.3. The molecule has 0 aromatic heterocycles. The van der Waals surface area contributed by atoms with Crippen LogP contribution in [0.15, 0.2) is 109 Å². The zero-order valence-corrected chi connectivity index (χ0v) is 39.1. The monoisotopic (exact) mass is 874 g/mol.